The van der Waals surface area contributed by atoms with E-state index in [1.807, 2.05) is 106 Å². The molecular formula is C55H71N5O10. The Morgan fingerprint density at radius 3 is 2.16 bits per heavy atom. The highest BCUT2D eigenvalue weighted by Gasteiger charge is 2.26. The molecule has 5 rings (SSSR count). The first kappa shape index (κ1) is 54.2. The Kier molecular flexibility index (Phi) is 21.3. The number of aromatic nitrogens is 2. The number of methoxy groups -OCH3 is 2. The van der Waals surface area contributed by atoms with Crippen molar-refractivity contribution in [2.45, 2.75) is 92.0 Å². The van der Waals surface area contributed by atoms with Crippen molar-refractivity contribution in [2.75, 3.05) is 66.2 Å². The molecule has 0 radical (unpaired) electrons. The van der Waals surface area contributed by atoms with Gasteiger partial charge in [-0.1, -0.05) is 60.5 Å². The SMILES string of the molecule is CCOC(=O)COc1ccc(Cc2cc(N(Cc3c(OC)cc(OCCOCc4ccc(C)cc4)cc3OC)c3cccc(CNC(=O)[C@H](CCCCN(C)C)CC(=O)OC(C)(C)C)c3)ncn2)cc1. The molecule has 1 amide bonds. The van der Waals surface area contributed by atoms with Gasteiger partial charge in [-0.2, -0.15) is 0 Å². The summed E-state index contributed by atoms with van der Waals surface area (Å²) in [6.45, 7) is 11.9. The number of esters is 2. The van der Waals surface area contributed by atoms with Crippen LogP contribution in [-0.4, -0.2) is 99.6 Å². The average Bonchev–Trinajstić information content (AvgIpc) is 3.33. The fourth-order valence-electron chi connectivity index (χ4n) is 7.54. The summed E-state index contributed by atoms with van der Waals surface area (Å²) in [6.07, 6.45) is 4.28. The summed E-state index contributed by atoms with van der Waals surface area (Å²) in [5, 5.41) is 3.11. The lowest BCUT2D eigenvalue weighted by atomic mass is 9.97. The molecular weight excluding hydrogens is 891 g/mol. The van der Waals surface area contributed by atoms with Crippen LogP contribution in [0.25, 0.3) is 0 Å². The van der Waals surface area contributed by atoms with Crippen molar-refractivity contribution in [3.63, 3.8) is 0 Å². The van der Waals surface area contributed by atoms with Crippen molar-refractivity contribution in [3.8, 4) is 23.0 Å². The maximum absolute atomic E-state index is 13.8. The predicted octanol–water partition coefficient (Wildman–Crippen LogP) is 8.96. The predicted molar refractivity (Wildman–Crippen MR) is 270 cm³/mol. The summed E-state index contributed by atoms with van der Waals surface area (Å²) in [5.74, 6) is 1.23. The van der Waals surface area contributed by atoms with E-state index < -0.39 is 23.5 Å². The van der Waals surface area contributed by atoms with Crippen LogP contribution in [0.15, 0.2) is 97.3 Å². The maximum atomic E-state index is 13.8. The molecule has 1 aromatic heterocycles. The molecule has 1 atom stereocenters. The number of nitrogens with one attached hydrogen (secondary N) is 1. The fourth-order valence-corrected chi connectivity index (χ4v) is 7.54. The molecule has 0 unspecified atom stereocenters. The number of carbonyl (C=O) groups is 3. The Balaban J connectivity index is 1.39. The molecule has 1 heterocycles. The van der Waals surface area contributed by atoms with Gasteiger partial charge in [0.05, 0.1) is 58.3 Å². The van der Waals surface area contributed by atoms with Crippen molar-refractivity contribution in [1.29, 1.82) is 0 Å². The number of benzene rings is 4. The second-order valence-electron chi connectivity index (χ2n) is 18.2. The van der Waals surface area contributed by atoms with Crippen molar-refractivity contribution in [3.05, 3.63) is 131 Å². The van der Waals surface area contributed by atoms with E-state index in [0.29, 0.717) is 61.5 Å². The van der Waals surface area contributed by atoms with Crippen molar-refractivity contribution in [1.82, 2.24) is 20.2 Å². The van der Waals surface area contributed by atoms with Gasteiger partial charge >= 0.3 is 11.9 Å². The minimum absolute atomic E-state index is 0.00235. The molecule has 1 N–H and O–H groups in total. The topological polar surface area (TPSA) is 160 Å². The first-order chi connectivity index (χ1) is 33.6. The molecule has 0 saturated carbocycles. The first-order valence-electron chi connectivity index (χ1n) is 23.8. The molecule has 70 heavy (non-hydrogen) atoms. The monoisotopic (exact) mass is 962 g/mol. The molecule has 0 saturated heterocycles. The normalized spacial score (nSPS) is 11.7. The van der Waals surface area contributed by atoms with E-state index in [4.69, 9.17) is 38.1 Å². The largest absolute Gasteiger partial charge is 0.496 e. The van der Waals surface area contributed by atoms with Crippen LogP contribution in [-0.2, 0) is 54.7 Å². The van der Waals surface area contributed by atoms with E-state index in [9.17, 15) is 14.4 Å². The summed E-state index contributed by atoms with van der Waals surface area (Å²) in [5.41, 5.74) is 5.72. The smallest absolute Gasteiger partial charge is 0.344 e. The average molecular weight is 962 g/mol. The lowest BCUT2D eigenvalue weighted by Crippen LogP contribution is -2.34. The minimum Gasteiger partial charge on any atom is -0.496 e. The van der Waals surface area contributed by atoms with E-state index >= 15 is 0 Å². The zero-order valence-electron chi connectivity index (χ0n) is 42.4. The van der Waals surface area contributed by atoms with Crippen LogP contribution >= 0.6 is 0 Å². The van der Waals surface area contributed by atoms with Gasteiger partial charge in [-0.05, 0) is 109 Å². The number of nitrogens with zero attached hydrogens (tertiary/aromatic N) is 4. The second-order valence-corrected chi connectivity index (χ2v) is 18.2. The van der Waals surface area contributed by atoms with Crippen LogP contribution in [0.4, 0.5) is 11.5 Å². The Labute approximate surface area is 413 Å². The zero-order valence-corrected chi connectivity index (χ0v) is 42.4. The lowest BCUT2D eigenvalue weighted by Gasteiger charge is -2.27. The van der Waals surface area contributed by atoms with Crippen LogP contribution < -0.4 is 29.2 Å². The third-order valence-electron chi connectivity index (χ3n) is 11.0. The standard InChI is InChI=1S/C55H71N5O10/c1-10-67-53(62)37-69-46-23-21-40(22-24-46)28-44-31-51(58-38-57-44)60(35-48-49(64-8)32-47(33-50(48)65-9)68-27-26-66-36-41-19-17-39(2)18-20-41)45-16-13-14-42(29-45)34-56-54(63)43(15-11-12-25-59(6)7)30-52(61)70-55(3,4)5/h13-14,16-24,29,31-33,38,43H,10-12,15,25-28,30,34-37H2,1-9H3,(H,56,63)/t43-/m1/s1. The summed E-state index contributed by atoms with van der Waals surface area (Å²) in [4.78, 5) is 52.2. The van der Waals surface area contributed by atoms with Crippen molar-refractivity contribution in [2.24, 2.45) is 5.92 Å². The molecule has 15 heteroatoms. The molecule has 5 aromatic rings. The molecule has 0 bridgehead atoms. The van der Waals surface area contributed by atoms with E-state index in [1.165, 1.54) is 11.9 Å². The van der Waals surface area contributed by atoms with E-state index in [2.05, 4.69) is 46.4 Å². The number of aryl methyl sites for hydroxylation is 1. The number of rotatable bonds is 28. The third-order valence-corrected chi connectivity index (χ3v) is 11.0. The van der Waals surface area contributed by atoms with E-state index in [1.54, 1.807) is 21.1 Å². The van der Waals surface area contributed by atoms with Crippen LogP contribution in [0.2, 0.25) is 0 Å². The second kappa shape index (κ2) is 27.5. The molecule has 15 nitrogen and oxygen atoms in total. The van der Waals surface area contributed by atoms with Crippen molar-refractivity contribution >= 4 is 29.4 Å². The summed E-state index contributed by atoms with van der Waals surface area (Å²) in [6, 6.07) is 29.2. The Hall–Kier alpha value is -6.71. The molecule has 0 aliphatic rings. The molecule has 0 aliphatic heterocycles. The number of anilines is 2. The van der Waals surface area contributed by atoms with Gasteiger partial charge in [-0.25, -0.2) is 14.8 Å². The van der Waals surface area contributed by atoms with Crippen molar-refractivity contribution < 1.29 is 47.5 Å². The first-order valence-corrected chi connectivity index (χ1v) is 23.8. The highest BCUT2D eigenvalue weighted by Crippen LogP contribution is 2.38. The molecule has 0 fully saturated rings. The number of hydrogen-bond donors (Lipinski definition) is 1. The van der Waals surface area contributed by atoms with Gasteiger partial charge in [0.1, 0.15) is 47.4 Å². The number of unbranched alkanes of at least 4 members (excludes halogenated alkanes) is 1. The van der Waals surface area contributed by atoms with Gasteiger partial charge in [0.15, 0.2) is 6.61 Å². The Bertz CT molecular complexity index is 2400. The van der Waals surface area contributed by atoms with Crippen LogP contribution in [0.5, 0.6) is 23.0 Å². The van der Waals surface area contributed by atoms with Gasteiger partial charge in [-0.15, -0.1) is 0 Å². The molecule has 0 spiro atoms. The van der Waals surface area contributed by atoms with E-state index in [-0.39, 0.29) is 38.6 Å². The van der Waals surface area contributed by atoms with Gasteiger partial charge in [0, 0.05) is 42.8 Å². The summed E-state index contributed by atoms with van der Waals surface area (Å²) < 4.78 is 40.2. The molecule has 0 aliphatic carbocycles. The number of carbonyl (C=O) groups excluding carboxylic acids is 3. The summed E-state index contributed by atoms with van der Waals surface area (Å²) >= 11 is 0. The van der Waals surface area contributed by atoms with Crippen LogP contribution in [0, 0.1) is 12.8 Å². The molecule has 4 aromatic carbocycles. The van der Waals surface area contributed by atoms with Crippen LogP contribution in [0.1, 0.15) is 86.9 Å². The zero-order chi connectivity index (χ0) is 50.5. The number of amides is 1. The lowest BCUT2D eigenvalue weighted by molar-refractivity contribution is -0.157. The maximum Gasteiger partial charge on any atom is 0.344 e. The Morgan fingerprint density at radius 2 is 1.49 bits per heavy atom. The Morgan fingerprint density at radius 1 is 0.771 bits per heavy atom. The highest BCUT2D eigenvalue weighted by molar-refractivity contribution is 5.84. The quantitative estimate of drug-likeness (QED) is 0.0374. The van der Waals surface area contributed by atoms with Crippen LogP contribution in [0.3, 0.4) is 0 Å². The molecule has 376 valence electrons. The fraction of sp³-hybridized carbons (Fsp3) is 0.436. The van der Waals surface area contributed by atoms with Gasteiger partial charge in [-0.3, -0.25) is 9.59 Å². The summed E-state index contributed by atoms with van der Waals surface area (Å²) in [7, 11) is 7.25. The minimum atomic E-state index is -0.657. The third kappa shape index (κ3) is 18.3. The van der Waals surface area contributed by atoms with E-state index in [0.717, 1.165) is 53.0 Å². The van der Waals surface area contributed by atoms with Gasteiger partial charge < -0.3 is 48.3 Å². The van der Waals surface area contributed by atoms with Gasteiger partial charge in [0.25, 0.3) is 0 Å². The number of ether oxygens (including phenoxy) is 7. The number of hydrogen-bond acceptors (Lipinski definition) is 14. The highest BCUT2D eigenvalue weighted by atomic mass is 16.6. The van der Waals surface area contributed by atoms with Gasteiger partial charge in [0.2, 0.25) is 5.91 Å².